The van der Waals surface area contributed by atoms with Crippen LogP contribution < -0.4 is 10.6 Å². The molecular weight excluding hydrogens is 131 g/mol. The van der Waals surface area contributed by atoms with E-state index in [9.17, 15) is 9.59 Å². The van der Waals surface area contributed by atoms with Gasteiger partial charge in [0.15, 0.2) is 0 Å². The van der Waals surface area contributed by atoms with Gasteiger partial charge in [-0.15, -0.1) is 0 Å². The molecule has 1 heterocycles. The molecule has 1 rings (SSSR count). The van der Waals surface area contributed by atoms with Gasteiger partial charge in [0.2, 0.25) is 5.91 Å². The second-order valence-electron chi connectivity index (χ2n) is 1.68. The fourth-order valence-electron chi connectivity index (χ4n) is 0.518. The first-order valence-electron chi connectivity index (χ1n) is 2.31. The van der Waals surface area contributed by atoms with Crippen LogP contribution in [0.5, 0.6) is 0 Å². The van der Waals surface area contributed by atoms with Crippen LogP contribution in [-0.4, -0.2) is 47.5 Å². The fraction of sp³-hybridized carbons (Fsp3) is 0.500. The Kier molecular flexibility index (Phi) is 3.17. The molecule has 46 valence electrons. The Labute approximate surface area is 74.7 Å². The van der Waals surface area contributed by atoms with Crippen molar-refractivity contribution in [3.8, 4) is 0 Å². The van der Waals surface area contributed by atoms with E-state index in [0.29, 0.717) is 0 Å². The van der Waals surface area contributed by atoms with Crippen LogP contribution in [0.1, 0.15) is 6.92 Å². The van der Waals surface area contributed by atoms with Crippen molar-refractivity contribution in [2.45, 2.75) is 13.0 Å². The minimum atomic E-state index is -0.400. The molecule has 1 atom stereocenters. The third-order valence-corrected chi connectivity index (χ3v) is 0.978. The second-order valence-corrected chi connectivity index (χ2v) is 1.68. The van der Waals surface area contributed by atoms with E-state index in [1.165, 1.54) is 0 Å². The number of urea groups is 1. The van der Waals surface area contributed by atoms with Crippen LogP contribution in [-0.2, 0) is 4.79 Å². The summed E-state index contributed by atoms with van der Waals surface area (Å²) in [5.41, 5.74) is 0. The molecule has 1 fully saturated rings. The molecule has 0 aromatic heterocycles. The van der Waals surface area contributed by atoms with E-state index < -0.39 is 6.03 Å². The Balaban J connectivity index is 0.000000640. The molecule has 5 heteroatoms. The third-order valence-electron chi connectivity index (χ3n) is 0.978. The van der Waals surface area contributed by atoms with Gasteiger partial charge in [-0.1, -0.05) is 0 Å². The van der Waals surface area contributed by atoms with Gasteiger partial charge >= 0.3 is 35.6 Å². The number of imide groups is 1. The maximum absolute atomic E-state index is 10.4. The second kappa shape index (κ2) is 3.20. The molecule has 1 aliphatic heterocycles. The molecule has 0 saturated carbocycles. The topological polar surface area (TPSA) is 58.2 Å². The summed E-state index contributed by atoms with van der Waals surface area (Å²) in [5.74, 6) is -0.255. The number of nitrogens with one attached hydrogen (secondary N) is 2. The van der Waals surface area contributed by atoms with Gasteiger partial charge in [0.25, 0.3) is 0 Å². The molecular formula is C4H7N2NaO2. The molecule has 0 radical (unpaired) electrons. The van der Waals surface area contributed by atoms with Gasteiger partial charge in [0.1, 0.15) is 6.04 Å². The van der Waals surface area contributed by atoms with Crippen LogP contribution in [0.25, 0.3) is 0 Å². The molecule has 4 nitrogen and oxygen atoms in total. The zero-order valence-corrected chi connectivity index (χ0v) is 4.39. The van der Waals surface area contributed by atoms with Crippen LogP contribution in [0.2, 0.25) is 0 Å². The van der Waals surface area contributed by atoms with Crippen molar-refractivity contribution in [1.29, 1.82) is 0 Å². The first kappa shape index (κ1) is 8.94. The van der Waals surface area contributed by atoms with Crippen LogP contribution >= 0.6 is 0 Å². The average molecular weight is 138 g/mol. The van der Waals surface area contributed by atoms with E-state index in [1.807, 2.05) is 0 Å². The Morgan fingerprint density at radius 2 is 2.00 bits per heavy atom. The third kappa shape index (κ3) is 1.97. The summed E-state index contributed by atoms with van der Waals surface area (Å²) in [7, 11) is 0. The van der Waals surface area contributed by atoms with E-state index >= 15 is 0 Å². The number of rotatable bonds is 0. The van der Waals surface area contributed by atoms with Crippen molar-refractivity contribution in [2.75, 3.05) is 0 Å². The Hall–Kier alpha value is -0.0600. The number of carbonyl (C=O) groups is 2. The van der Waals surface area contributed by atoms with E-state index in [2.05, 4.69) is 10.6 Å². The first-order chi connectivity index (χ1) is 3.70. The van der Waals surface area contributed by atoms with Crippen molar-refractivity contribution in [3.63, 3.8) is 0 Å². The molecule has 9 heavy (non-hydrogen) atoms. The van der Waals surface area contributed by atoms with Crippen LogP contribution in [0.15, 0.2) is 0 Å². The molecule has 3 amide bonds. The number of hydrogen-bond donors (Lipinski definition) is 2. The summed E-state index contributed by atoms with van der Waals surface area (Å²) in [5, 5.41) is 4.44. The summed E-state index contributed by atoms with van der Waals surface area (Å²) >= 11 is 0. The Morgan fingerprint density at radius 3 is 2.11 bits per heavy atom. The first-order valence-corrected chi connectivity index (χ1v) is 2.31. The maximum atomic E-state index is 10.4. The van der Waals surface area contributed by atoms with E-state index in [0.717, 1.165) is 0 Å². The van der Waals surface area contributed by atoms with E-state index in [1.54, 1.807) is 6.92 Å². The predicted molar refractivity (Wildman–Crippen MR) is 33.3 cm³/mol. The van der Waals surface area contributed by atoms with E-state index in [4.69, 9.17) is 0 Å². The SMILES string of the molecule is CC1NC(=O)NC1=O.[NaH]. The molecule has 0 spiro atoms. The van der Waals surface area contributed by atoms with Gasteiger partial charge in [-0.05, 0) is 6.92 Å². The average Bonchev–Trinajstić information content (AvgIpc) is 1.85. The van der Waals surface area contributed by atoms with Crippen LogP contribution in [0, 0.1) is 0 Å². The molecule has 1 unspecified atom stereocenters. The quantitative estimate of drug-likeness (QED) is 0.318. The molecule has 0 aromatic rings. The Morgan fingerprint density at radius 1 is 1.44 bits per heavy atom. The monoisotopic (exact) mass is 138 g/mol. The van der Waals surface area contributed by atoms with Gasteiger partial charge in [-0.2, -0.15) is 0 Å². The van der Waals surface area contributed by atoms with Gasteiger partial charge in [-0.25, -0.2) is 4.79 Å². The fourth-order valence-corrected chi connectivity index (χ4v) is 0.518. The van der Waals surface area contributed by atoms with Gasteiger partial charge < -0.3 is 5.32 Å². The number of amides is 3. The van der Waals surface area contributed by atoms with Crippen molar-refractivity contribution < 1.29 is 9.59 Å². The summed E-state index contributed by atoms with van der Waals surface area (Å²) in [6, 6.07) is -0.759. The normalized spacial score (nSPS) is 24.3. The van der Waals surface area contributed by atoms with Crippen molar-refractivity contribution >= 4 is 41.5 Å². The number of carbonyl (C=O) groups excluding carboxylic acids is 2. The molecule has 0 bridgehead atoms. The molecule has 1 saturated heterocycles. The zero-order valence-electron chi connectivity index (χ0n) is 4.39. The zero-order chi connectivity index (χ0) is 6.15. The van der Waals surface area contributed by atoms with Crippen LogP contribution in [0.3, 0.4) is 0 Å². The van der Waals surface area contributed by atoms with Gasteiger partial charge in [0, 0.05) is 0 Å². The van der Waals surface area contributed by atoms with Gasteiger partial charge in [0.05, 0.1) is 0 Å². The number of hydrogen-bond acceptors (Lipinski definition) is 2. The van der Waals surface area contributed by atoms with Gasteiger partial charge in [-0.3, -0.25) is 10.1 Å². The minimum absolute atomic E-state index is 0. The molecule has 0 aromatic carbocycles. The van der Waals surface area contributed by atoms with Crippen LogP contribution in [0.4, 0.5) is 4.79 Å². The Bertz CT molecular complexity index is 148. The molecule has 0 aliphatic carbocycles. The molecule has 1 aliphatic rings. The summed E-state index contributed by atoms with van der Waals surface area (Å²) in [6.07, 6.45) is 0. The summed E-state index contributed by atoms with van der Waals surface area (Å²) in [4.78, 5) is 20.6. The standard InChI is InChI=1S/C4H6N2O2.Na.H/c1-2-3(7)6-4(8)5-2;;/h2H,1H3,(H2,5,6,7,8);;. The molecule has 2 N–H and O–H groups in total. The van der Waals surface area contributed by atoms with Crippen molar-refractivity contribution in [3.05, 3.63) is 0 Å². The summed E-state index contributed by atoms with van der Waals surface area (Å²) < 4.78 is 0. The predicted octanol–water partition coefficient (Wildman–Crippen LogP) is -1.43. The van der Waals surface area contributed by atoms with Crippen molar-refractivity contribution in [2.24, 2.45) is 0 Å². The van der Waals surface area contributed by atoms with Crippen molar-refractivity contribution in [1.82, 2.24) is 10.6 Å². The van der Waals surface area contributed by atoms with E-state index in [-0.39, 0.29) is 41.5 Å². The summed E-state index contributed by atoms with van der Waals surface area (Å²) in [6.45, 7) is 1.63.